The zero-order valence-electron chi connectivity index (χ0n) is 14.4. The van der Waals surface area contributed by atoms with Gasteiger partial charge in [0, 0.05) is 6.54 Å². The van der Waals surface area contributed by atoms with Crippen LogP contribution in [0.15, 0.2) is 30.3 Å². The minimum Gasteiger partial charge on any atom is -0.441 e. The first kappa shape index (κ1) is 15.7. The number of carbonyl (C=O) groups is 1. The molecule has 0 N–H and O–H groups in total. The Morgan fingerprint density at radius 1 is 1.00 bits per heavy atom. The Balaban J connectivity index is 1.42. The maximum Gasteiger partial charge on any atom is 0.410 e. The second kappa shape index (κ2) is 6.62. The molecule has 0 bridgehead atoms. The normalized spacial score (nSPS) is 23.2. The molecule has 0 aromatic heterocycles. The largest absolute Gasteiger partial charge is 0.441 e. The number of carbonyl (C=O) groups excluding carboxylic acids is 1. The van der Waals surface area contributed by atoms with E-state index in [1.54, 1.807) is 0 Å². The maximum absolute atomic E-state index is 12.3. The molecule has 1 saturated carbocycles. The summed E-state index contributed by atoms with van der Waals surface area (Å²) in [5.74, 6) is 0. The summed E-state index contributed by atoms with van der Waals surface area (Å²) in [5, 5.41) is 0. The van der Waals surface area contributed by atoms with Crippen LogP contribution in [0, 0.1) is 0 Å². The van der Waals surface area contributed by atoms with Crippen molar-refractivity contribution in [1.29, 1.82) is 0 Å². The fraction of sp³-hybridized carbons (Fsp3) is 0.571. The molecule has 1 aliphatic heterocycles. The zero-order valence-corrected chi connectivity index (χ0v) is 14.4. The number of hydrogen-bond acceptors (Lipinski definition) is 2. The van der Waals surface area contributed by atoms with E-state index in [1.165, 1.54) is 61.6 Å². The molecule has 3 nitrogen and oxygen atoms in total. The van der Waals surface area contributed by atoms with Crippen LogP contribution in [0.3, 0.4) is 0 Å². The second-order valence-corrected chi connectivity index (χ2v) is 7.64. The van der Waals surface area contributed by atoms with Crippen molar-refractivity contribution < 1.29 is 9.53 Å². The van der Waals surface area contributed by atoms with Gasteiger partial charge >= 0.3 is 6.09 Å². The van der Waals surface area contributed by atoms with Gasteiger partial charge in [-0.25, -0.2) is 4.79 Å². The van der Waals surface area contributed by atoms with Gasteiger partial charge in [0.15, 0.2) is 0 Å². The van der Waals surface area contributed by atoms with Gasteiger partial charge in [-0.05, 0) is 68.1 Å². The first-order valence-corrected chi connectivity index (χ1v) is 9.50. The molecular formula is C21H27NO2. The Bertz CT molecular complexity index is 626. The van der Waals surface area contributed by atoms with Gasteiger partial charge in [-0.1, -0.05) is 36.8 Å². The van der Waals surface area contributed by atoms with Crippen LogP contribution >= 0.6 is 0 Å². The maximum atomic E-state index is 12.3. The standard InChI is InChI=1S/C21H27NO2/c23-20-22(16-21(24-20)13-5-2-6-14-21)15-17-9-11-19(12-10-17)18-7-3-1-4-8-18/h7,9-12H,1-6,8,13-16H2. The van der Waals surface area contributed by atoms with Crippen LogP contribution in [-0.2, 0) is 11.3 Å². The molecule has 1 amide bonds. The van der Waals surface area contributed by atoms with Gasteiger partial charge in [0.05, 0.1) is 6.54 Å². The second-order valence-electron chi connectivity index (χ2n) is 7.64. The van der Waals surface area contributed by atoms with Gasteiger partial charge in [0.1, 0.15) is 5.60 Å². The van der Waals surface area contributed by atoms with E-state index in [2.05, 4.69) is 30.3 Å². The molecule has 24 heavy (non-hydrogen) atoms. The number of hydrogen-bond donors (Lipinski definition) is 0. The van der Waals surface area contributed by atoms with Crippen molar-refractivity contribution in [2.45, 2.75) is 69.9 Å². The first-order chi connectivity index (χ1) is 11.7. The van der Waals surface area contributed by atoms with Crippen LogP contribution in [0.2, 0.25) is 0 Å². The van der Waals surface area contributed by atoms with Gasteiger partial charge in [0.25, 0.3) is 0 Å². The van der Waals surface area contributed by atoms with E-state index in [0.717, 1.165) is 19.4 Å². The van der Waals surface area contributed by atoms with Crippen LogP contribution < -0.4 is 0 Å². The van der Waals surface area contributed by atoms with Crippen molar-refractivity contribution in [3.05, 3.63) is 41.5 Å². The molecule has 1 spiro atoms. The van der Waals surface area contributed by atoms with E-state index < -0.39 is 0 Å². The molecule has 1 saturated heterocycles. The van der Waals surface area contributed by atoms with Crippen LogP contribution in [0.4, 0.5) is 4.79 Å². The van der Waals surface area contributed by atoms with Gasteiger partial charge in [0.2, 0.25) is 0 Å². The minimum atomic E-state index is -0.192. The summed E-state index contributed by atoms with van der Waals surface area (Å²) in [5.41, 5.74) is 3.82. The number of ether oxygens (including phenoxy) is 1. The molecule has 128 valence electrons. The summed E-state index contributed by atoms with van der Waals surface area (Å²) in [6.07, 6.45) is 13.0. The molecule has 1 aromatic rings. The Morgan fingerprint density at radius 2 is 1.79 bits per heavy atom. The average molecular weight is 325 g/mol. The van der Waals surface area contributed by atoms with Gasteiger partial charge in [-0.15, -0.1) is 0 Å². The molecule has 1 aromatic carbocycles. The van der Waals surface area contributed by atoms with Crippen molar-refractivity contribution in [2.75, 3.05) is 6.54 Å². The molecular weight excluding hydrogens is 298 g/mol. The molecule has 0 radical (unpaired) electrons. The van der Waals surface area contributed by atoms with Crippen molar-refractivity contribution in [1.82, 2.24) is 4.90 Å². The predicted molar refractivity (Wildman–Crippen MR) is 95.6 cm³/mol. The Labute approximate surface area is 144 Å². The van der Waals surface area contributed by atoms with Crippen molar-refractivity contribution >= 4 is 11.7 Å². The summed E-state index contributed by atoms with van der Waals surface area (Å²) in [6.45, 7) is 1.43. The molecule has 1 heterocycles. The van der Waals surface area contributed by atoms with E-state index in [4.69, 9.17) is 4.74 Å². The van der Waals surface area contributed by atoms with E-state index >= 15 is 0 Å². The van der Waals surface area contributed by atoms with Crippen molar-refractivity contribution in [3.8, 4) is 0 Å². The highest BCUT2D eigenvalue weighted by atomic mass is 16.6. The number of allylic oxidation sites excluding steroid dienone is 2. The van der Waals surface area contributed by atoms with Crippen LogP contribution in [0.5, 0.6) is 0 Å². The number of amides is 1. The predicted octanol–water partition coefficient (Wildman–Crippen LogP) is 5.30. The zero-order chi connectivity index (χ0) is 16.4. The summed E-state index contributed by atoms with van der Waals surface area (Å²) >= 11 is 0. The number of nitrogens with zero attached hydrogens (tertiary/aromatic N) is 1. The van der Waals surface area contributed by atoms with Crippen molar-refractivity contribution in [2.24, 2.45) is 0 Å². The van der Waals surface area contributed by atoms with E-state index in [1.807, 2.05) is 4.90 Å². The highest BCUT2D eigenvalue weighted by Gasteiger charge is 2.45. The summed E-state index contributed by atoms with van der Waals surface area (Å²) in [4.78, 5) is 14.2. The number of rotatable bonds is 3. The third-order valence-corrected chi connectivity index (χ3v) is 5.79. The lowest BCUT2D eigenvalue weighted by Gasteiger charge is -2.30. The lowest BCUT2D eigenvalue weighted by molar-refractivity contribution is 0.0260. The first-order valence-electron chi connectivity index (χ1n) is 9.50. The Morgan fingerprint density at radius 3 is 2.50 bits per heavy atom. The summed E-state index contributed by atoms with van der Waals surface area (Å²) in [7, 11) is 0. The minimum absolute atomic E-state index is 0.129. The molecule has 4 rings (SSSR count). The molecule has 0 unspecified atom stereocenters. The Hall–Kier alpha value is -1.77. The van der Waals surface area contributed by atoms with Crippen LogP contribution in [0.1, 0.15) is 68.9 Å². The lowest BCUT2D eigenvalue weighted by Crippen LogP contribution is -2.36. The van der Waals surface area contributed by atoms with Gasteiger partial charge in [-0.2, -0.15) is 0 Å². The third-order valence-electron chi connectivity index (χ3n) is 5.79. The molecule has 0 atom stereocenters. The van der Waals surface area contributed by atoms with Crippen molar-refractivity contribution in [3.63, 3.8) is 0 Å². The highest BCUT2D eigenvalue weighted by molar-refractivity contribution is 5.71. The molecule has 3 aliphatic rings. The highest BCUT2D eigenvalue weighted by Crippen LogP contribution is 2.37. The smallest absolute Gasteiger partial charge is 0.410 e. The van der Waals surface area contributed by atoms with Gasteiger partial charge < -0.3 is 4.74 Å². The van der Waals surface area contributed by atoms with E-state index in [-0.39, 0.29) is 11.7 Å². The third kappa shape index (κ3) is 3.22. The monoisotopic (exact) mass is 325 g/mol. The molecule has 2 fully saturated rings. The topological polar surface area (TPSA) is 29.5 Å². The van der Waals surface area contributed by atoms with E-state index in [0.29, 0.717) is 6.54 Å². The lowest BCUT2D eigenvalue weighted by atomic mass is 9.85. The SMILES string of the molecule is O=C1OC2(CCCCC2)CN1Cc1ccc(C2=CCCCC2)cc1. The van der Waals surface area contributed by atoms with E-state index in [9.17, 15) is 4.79 Å². The number of benzene rings is 1. The fourth-order valence-electron chi connectivity index (χ4n) is 4.42. The Kier molecular flexibility index (Phi) is 4.34. The fourth-order valence-corrected chi connectivity index (χ4v) is 4.42. The molecule has 2 aliphatic carbocycles. The van der Waals surface area contributed by atoms with Crippen LogP contribution in [0.25, 0.3) is 5.57 Å². The average Bonchev–Trinajstić information content (AvgIpc) is 2.91. The summed E-state index contributed by atoms with van der Waals surface area (Å²) < 4.78 is 5.77. The quantitative estimate of drug-likeness (QED) is 0.755. The molecule has 3 heteroatoms. The van der Waals surface area contributed by atoms with Crippen LogP contribution in [-0.4, -0.2) is 23.1 Å². The van der Waals surface area contributed by atoms with Gasteiger partial charge in [-0.3, -0.25) is 4.90 Å². The summed E-state index contributed by atoms with van der Waals surface area (Å²) in [6, 6.07) is 8.77.